The summed E-state index contributed by atoms with van der Waals surface area (Å²) in [5.41, 5.74) is 0. The number of likely N-dealkylation sites (N-methyl/N-ethyl adjacent to an activating group) is 2. The lowest BCUT2D eigenvalue weighted by Crippen LogP contribution is -2.39. The summed E-state index contributed by atoms with van der Waals surface area (Å²) < 4.78 is 21.9. The molecule has 0 aliphatic rings. The minimum Gasteiger partial charge on any atom is -0.396 e. The van der Waals surface area contributed by atoms with E-state index in [9.17, 15) is 8.42 Å². The molecule has 6 heteroatoms. The number of nitrogens with one attached hydrogen (secondary N) is 1. The van der Waals surface area contributed by atoms with Crippen molar-refractivity contribution < 1.29 is 13.5 Å². The van der Waals surface area contributed by atoms with Gasteiger partial charge in [-0.15, -0.1) is 0 Å². The maximum atomic E-state index is 10.9. The molecule has 0 amide bonds. The summed E-state index contributed by atoms with van der Waals surface area (Å²) in [5, 5.41) is 11.9. The van der Waals surface area contributed by atoms with Crippen LogP contribution in [0.1, 0.15) is 6.42 Å². The summed E-state index contributed by atoms with van der Waals surface area (Å²) in [7, 11) is 0.834. The van der Waals surface area contributed by atoms with Gasteiger partial charge in [0.1, 0.15) is 9.84 Å². The number of hydrogen-bond acceptors (Lipinski definition) is 5. The third kappa shape index (κ3) is 8.80. The number of hydrogen-bond donors (Lipinski definition) is 2. The Morgan fingerprint density at radius 2 is 2.07 bits per heavy atom. The average molecular weight is 238 g/mol. The van der Waals surface area contributed by atoms with Gasteiger partial charge in [0, 0.05) is 32.0 Å². The molecule has 0 aromatic carbocycles. The summed E-state index contributed by atoms with van der Waals surface area (Å²) >= 11 is 0. The van der Waals surface area contributed by atoms with Crippen LogP contribution in [0.5, 0.6) is 0 Å². The smallest absolute Gasteiger partial charge is 0.148 e. The number of nitrogens with zero attached hydrogens (tertiary/aromatic N) is 1. The molecule has 0 saturated carbocycles. The molecular formula is C9H22N2O3S. The molecule has 1 unspecified atom stereocenters. The topological polar surface area (TPSA) is 69.6 Å². The average Bonchev–Trinajstić information content (AvgIpc) is 2.13. The van der Waals surface area contributed by atoms with E-state index in [0.717, 1.165) is 6.54 Å². The minimum atomic E-state index is -2.89. The Morgan fingerprint density at radius 3 is 2.47 bits per heavy atom. The Labute approximate surface area is 92.4 Å². The number of aliphatic hydroxyl groups is 1. The van der Waals surface area contributed by atoms with Crippen molar-refractivity contribution in [2.75, 3.05) is 45.8 Å². The third-order valence-electron chi connectivity index (χ3n) is 2.26. The van der Waals surface area contributed by atoms with Crippen LogP contribution in [0.25, 0.3) is 0 Å². The molecule has 0 aromatic rings. The lowest BCUT2D eigenvalue weighted by molar-refractivity contribution is 0.238. The van der Waals surface area contributed by atoms with Gasteiger partial charge in [0.05, 0.1) is 5.75 Å². The normalized spacial score (nSPS) is 14.5. The molecule has 2 N–H and O–H groups in total. The zero-order valence-electron chi connectivity index (χ0n) is 9.73. The quantitative estimate of drug-likeness (QED) is 0.564. The molecule has 0 saturated heterocycles. The number of aliphatic hydroxyl groups excluding tert-OH is 1. The molecular weight excluding hydrogens is 216 g/mol. The minimum absolute atomic E-state index is 0.144. The van der Waals surface area contributed by atoms with Crippen molar-refractivity contribution >= 4 is 9.84 Å². The van der Waals surface area contributed by atoms with Gasteiger partial charge in [0.25, 0.3) is 0 Å². The Balaban J connectivity index is 3.85. The lowest BCUT2D eigenvalue weighted by atomic mass is 10.2. The van der Waals surface area contributed by atoms with E-state index in [-0.39, 0.29) is 18.4 Å². The fourth-order valence-corrected chi connectivity index (χ4v) is 1.92. The molecule has 0 spiro atoms. The molecule has 0 aliphatic carbocycles. The SMILES string of the molecule is CNC(CCO)CN(C)CCS(C)(=O)=O. The molecule has 1 atom stereocenters. The Hall–Kier alpha value is -0.170. The Bertz CT molecular complexity index is 254. The van der Waals surface area contributed by atoms with Crippen molar-refractivity contribution in [2.45, 2.75) is 12.5 Å². The van der Waals surface area contributed by atoms with Crippen LogP contribution in [0.3, 0.4) is 0 Å². The fourth-order valence-electron chi connectivity index (χ4n) is 1.27. The van der Waals surface area contributed by atoms with E-state index in [1.54, 1.807) is 0 Å². The Kier molecular flexibility index (Phi) is 7.08. The van der Waals surface area contributed by atoms with Crippen LogP contribution in [-0.4, -0.2) is 70.3 Å². The van der Waals surface area contributed by atoms with E-state index in [4.69, 9.17) is 5.11 Å². The standard InChI is InChI=1S/C9H22N2O3S/c1-10-9(4-6-12)8-11(2)5-7-15(3,13)14/h9-10,12H,4-8H2,1-3H3. The van der Waals surface area contributed by atoms with Crippen LogP contribution >= 0.6 is 0 Å². The van der Waals surface area contributed by atoms with Gasteiger partial charge in [-0.1, -0.05) is 0 Å². The monoisotopic (exact) mass is 238 g/mol. The van der Waals surface area contributed by atoms with Crippen molar-refractivity contribution in [1.82, 2.24) is 10.2 Å². The molecule has 0 bridgehead atoms. The van der Waals surface area contributed by atoms with Gasteiger partial charge in [0.2, 0.25) is 0 Å². The summed E-state index contributed by atoms with van der Waals surface area (Å²) in [6.07, 6.45) is 1.92. The van der Waals surface area contributed by atoms with Crippen LogP contribution in [0, 0.1) is 0 Å². The van der Waals surface area contributed by atoms with Crippen LogP contribution < -0.4 is 5.32 Å². The largest absolute Gasteiger partial charge is 0.396 e. The highest BCUT2D eigenvalue weighted by Gasteiger charge is 2.10. The highest BCUT2D eigenvalue weighted by atomic mass is 32.2. The lowest BCUT2D eigenvalue weighted by Gasteiger charge is -2.22. The maximum absolute atomic E-state index is 10.9. The van der Waals surface area contributed by atoms with Crippen molar-refractivity contribution in [3.8, 4) is 0 Å². The zero-order valence-corrected chi connectivity index (χ0v) is 10.5. The van der Waals surface area contributed by atoms with Crippen LogP contribution in [0.2, 0.25) is 0 Å². The summed E-state index contributed by atoms with van der Waals surface area (Å²) in [5.74, 6) is 0.180. The van der Waals surface area contributed by atoms with Crippen molar-refractivity contribution in [3.05, 3.63) is 0 Å². The first-order valence-corrected chi connectivity index (χ1v) is 7.09. The van der Waals surface area contributed by atoms with Gasteiger partial charge in [-0.25, -0.2) is 8.42 Å². The van der Waals surface area contributed by atoms with Gasteiger partial charge in [-0.05, 0) is 20.5 Å². The maximum Gasteiger partial charge on any atom is 0.148 e. The van der Waals surface area contributed by atoms with Crippen LogP contribution in [0.15, 0.2) is 0 Å². The second-order valence-corrected chi connectivity index (χ2v) is 6.15. The molecule has 0 aliphatic heterocycles. The third-order valence-corrected chi connectivity index (χ3v) is 3.19. The van der Waals surface area contributed by atoms with Gasteiger partial charge < -0.3 is 15.3 Å². The first-order chi connectivity index (χ1) is 6.89. The van der Waals surface area contributed by atoms with Crippen molar-refractivity contribution in [2.24, 2.45) is 0 Å². The predicted molar refractivity (Wildman–Crippen MR) is 61.8 cm³/mol. The van der Waals surface area contributed by atoms with E-state index in [1.165, 1.54) is 6.26 Å². The van der Waals surface area contributed by atoms with Crippen LogP contribution in [-0.2, 0) is 9.84 Å². The zero-order chi connectivity index (χ0) is 11.9. The summed E-state index contributed by atoms with van der Waals surface area (Å²) in [6, 6.07) is 0.208. The number of sulfone groups is 1. The van der Waals surface area contributed by atoms with E-state index in [1.807, 2.05) is 19.0 Å². The molecule has 0 heterocycles. The van der Waals surface area contributed by atoms with Gasteiger partial charge in [0.15, 0.2) is 0 Å². The van der Waals surface area contributed by atoms with E-state index in [0.29, 0.717) is 13.0 Å². The van der Waals surface area contributed by atoms with E-state index in [2.05, 4.69) is 5.32 Å². The van der Waals surface area contributed by atoms with Crippen LogP contribution in [0.4, 0.5) is 0 Å². The first kappa shape index (κ1) is 14.8. The fraction of sp³-hybridized carbons (Fsp3) is 1.00. The molecule has 0 radical (unpaired) electrons. The summed E-state index contributed by atoms with van der Waals surface area (Å²) in [6.45, 7) is 1.42. The van der Waals surface area contributed by atoms with Gasteiger partial charge >= 0.3 is 0 Å². The second-order valence-electron chi connectivity index (χ2n) is 3.89. The molecule has 5 nitrogen and oxygen atoms in total. The molecule has 92 valence electrons. The van der Waals surface area contributed by atoms with Gasteiger partial charge in [-0.3, -0.25) is 0 Å². The molecule has 0 fully saturated rings. The first-order valence-electron chi connectivity index (χ1n) is 5.03. The second kappa shape index (κ2) is 7.16. The highest BCUT2D eigenvalue weighted by molar-refractivity contribution is 7.90. The van der Waals surface area contributed by atoms with Gasteiger partial charge in [-0.2, -0.15) is 0 Å². The Morgan fingerprint density at radius 1 is 1.47 bits per heavy atom. The molecule has 0 aromatic heterocycles. The number of rotatable bonds is 8. The molecule has 0 rings (SSSR count). The van der Waals surface area contributed by atoms with E-state index >= 15 is 0 Å². The van der Waals surface area contributed by atoms with Crippen molar-refractivity contribution in [3.63, 3.8) is 0 Å². The predicted octanol–water partition coefficient (Wildman–Crippen LogP) is -1.07. The molecule has 15 heavy (non-hydrogen) atoms. The summed E-state index contributed by atoms with van der Waals surface area (Å²) in [4.78, 5) is 1.96. The van der Waals surface area contributed by atoms with E-state index < -0.39 is 9.84 Å². The highest BCUT2D eigenvalue weighted by Crippen LogP contribution is 1.95. The van der Waals surface area contributed by atoms with Crippen molar-refractivity contribution in [1.29, 1.82) is 0 Å².